The molecule has 18 rings (SSSR count). The van der Waals surface area contributed by atoms with Crippen molar-refractivity contribution in [3.63, 3.8) is 0 Å². The van der Waals surface area contributed by atoms with Crippen LogP contribution in [0.15, 0.2) is 273 Å². The van der Waals surface area contributed by atoms with Gasteiger partial charge in [-0.1, -0.05) is 203 Å². The lowest BCUT2D eigenvalue weighted by atomic mass is 9.86. The van der Waals surface area contributed by atoms with Crippen LogP contribution in [0.1, 0.15) is 31.9 Å². The number of aromatic nitrogens is 4. The van der Waals surface area contributed by atoms with Crippen LogP contribution in [-0.4, -0.2) is 18.3 Å². The topological polar surface area (TPSA) is 47.9 Å². The standard InChI is InChI=1S/C84H54N6S/c1-84(2,3)55-39-43-70-64(49-55)60-41-45-72-78(62-33-18-21-35-68(62)88(72)57-29-15-8-16-30-57)81(60)90(70)83-76(52-25-11-6-12-26-52)82(66(50-85)75(79(83)86-4)54-38-46-74-65(48-54)58-31-19-22-36-73(58)91-74)89-69-42-37-53(51-23-9-5-10-24-51)47-63(69)59-40-44-71-77(80(59)89)61-32-17-20-34-67(61)87(71)56-27-13-7-14-28-56/h5-49H,1-3H3. The third-order valence-corrected chi connectivity index (χ3v) is 20.1. The van der Waals surface area contributed by atoms with Crippen molar-refractivity contribution >= 4 is 124 Å². The molecule has 0 aliphatic heterocycles. The number of rotatable bonds is 7. The van der Waals surface area contributed by atoms with Gasteiger partial charge >= 0.3 is 0 Å². The Labute approximate surface area is 528 Å². The fraction of sp³-hybridized carbons (Fsp3) is 0.0476. The number of nitrogens with zero attached hydrogens (tertiary/aromatic N) is 6. The molecule has 18 aromatic rings. The van der Waals surface area contributed by atoms with Gasteiger partial charge in [-0.25, -0.2) is 4.85 Å². The molecule has 6 nitrogen and oxygen atoms in total. The number of hydrogen-bond donors (Lipinski definition) is 0. The zero-order valence-corrected chi connectivity index (χ0v) is 50.9. The zero-order valence-electron chi connectivity index (χ0n) is 50.1. The summed E-state index contributed by atoms with van der Waals surface area (Å²) >= 11 is 1.76. The van der Waals surface area contributed by atoms with Crippen LogP contribution >= 0.6 is 11.3 Å². The van der Waals surface area contributed by atoms with Crippen molar-refractivity contribution in [1.82, 2.24) is 18.3 Å². The first-order valence-electron chi connectivity index (χ1n) is 30.9. The molecule has 0 aliphatic rings. The number of thiophene rings is 1. The van der Waals surface area contributed by atoms with E-state index in [4.69, 9.17) is 4.85 Å². The number of hydrogen-bond acceptors (Lipinski definition) is 2. The van der Waals surface area contributed by atoms with Crippen molar-refractivity contribution in [1.29, 1.82) is 5.26 Å². The predicted octanol–water partition coefficient (Wildman–Crippen LogP) is 23.2. The molecule has 0 spiro atoms. The number of fused-ring (bicyclic) bond motifs is 17. The molecule has 0 radical (unpaired) electrons. The van der Waals surface area contributed by atoms with Gasteiger partial charge in [0.25, 0.3) is 0 Å². The molecule has 0 bridgehead atoms. The molecule has 7 heteroatoms. The Balaban J connectivity index is 1.12. The Morgan fingerprint density at radius 1 is 0.363 bits per heavy atom. The zero-order chi connectivity index (χ0) is 60.8. The van der Waals surface area contributed by atoms with Gasteiger partial charge in [-0.15, -0.1) is 11.3 Å². The first-order valence-corrected chi connectivity index (χ1v) is 31.7. The quantitative estimate of drug-likeness (QED) is 0.147. The molecule has 0 saturated carbocycles. The van der Waals surface area contributed by atoms with Gasteiger partial charge in [-0.3, -0.25) is 0 Å². The second-order valence-electron chi connectivity index (χ2n) is 24.9. The minimum absolute atomic E-state index is 0.182. The largest absolute Gasteiger partial charge is 0.318 e. The van der Waals surface area contributed by atoms with Crippen LogP contribution in [0, 0.1) is 17.9 Å². The molecule has 5 heterocycles. The molecule has 0 saturated heterocycles. The molecule has 5 aromatic heterocycles. The van der Waals surface area contributed by atoms with Gasteiger partial charge in [0.1, 0.15) is 6.07 Å². The third kappa shape index (κ3) is 7.63. The summed E-state index contributed by atoms with van der Waals surface area (Å²) in [6.45, 7) is 16.8. The van der Waals surface area contributed by atoms with Crippen molar-refractivity contribution in [2.24, 2.45) is 0 Å². The van der Waals surface area contributed by atoms with Crippen molar-refractivity contribution in [2.45, 2.75) is 26.2 Å². The lowest BCUT2D eigenvalue weighted by Gasteiger charge is -2.26. The maximum Gasteiger partial charge on any atom is 0.220 e. The van der Waals surface area contributed by atoms with Crippen LogP contribution < -0.4 is 0 Å². The highest BCUT2D eigenvalue weighted by molar-refractivity contribution is 7.25. The molecule has 0 fully saturated rings. The number of nitriles is 1. The average molecular weight is 1180 g/mol. The average Bonchev–Trinajstić information content (AvgIpc) is 1.58. The van der Waals surface area contributed by atoms with Crippen molar-refractivity contribution in [2.75, 3.05) is 0 Å². The smallest absolute Gasteiger partial charge is 0.220 e. The molecular weight excluding hydrogens is 1130 g/mol. The van der Waals surface area contributed by atoms with E-state index >= 15 is 0 Å². The van der Waals surface area contributed by atoms with E-state index in [1.165, 1.54) is 10.3 Å². The highest BCUT2D eigenvalue weighted by atomic mass is 32.1. The molecule has 13 aromatic carbocycles. The molecule has 0 amide bonds. The van der Waals surface area contributed by atoms with Gasteiger partial charge in [-0.05, 0) is 124 Å². The lowest BCUT2D eigenvalue weighted by Crippen LogP contribution is -2.11. The highest BCUT2D eigenvalue weighted by Crippen LogP contribution is 2.55. The summed E-state index contributed by atoms with van der Waals surface area (Å²) < 4.78 is 11.9. The molecule has 0 unspecified atom stereocenters. The number of benzene rings is 13. The van der Waals surface area contributed by atoms with Crippen LogP contribution in [0.3, 0.4) is 0 Å². The Morgan fingerprint density at radius 3 is 1.41 bits per heavy atom. The second kappa shape index (κ2) is 19.9. The summed E-state index contributed by atoms with van der Waals surface area (Å²) in [4.78, 5) is 4.88. The minimum Gasteiger partial charge on any atom is -0.318 e. The monoisotopic (exact) mass is 1180 g/mol. The fourth-order valence-electron chi connectivity index (χ4n) is 15.0. The van der Waals surface area contributed by atoms with E-state index < -0.39 is 0 Å². The van der Waals surface area contributed by atoms with E-state index in [-0.39, 0.29) is 5.41 Å². The lowest BCUT2D eigenvalue weighted by molar-refractivity contribution is 0.591. The maximum absolute atomic E-state index is 12.8. The minimum atomic E-state index is -0.182. The van der Waals surface area contributed by atoms with Gasteiger partial charge in [0, 0.05) is 85.8 Å². The van der Waals surface area contributed by atoms with Gasteiger partial charge < -0.3 is 18.3 Å². The van der Waals surface area contributed by atoms with Crippen LogP contribution in [0.5, 0.6) is 0 Å². The van der Waals surface area contributed by atoms with Gasteiger partial charge in [0.15, 0.2) is 0 Å². The van der Waals surface area contributed by atoms with Gasteiger partial charge in [-0.2, -0.15) is 5.26 Å². The summed E-state index contributed by atoms with van der Waals surface area (Å²) in [5, 5.41) is 23.6. The summed E-state index contributed by atoms with van der Waals surface area (Å²) in [5.74, 6) is 0. The Kier molecular flexibility index (Phi) is 11.4. The molecule has 0 N–H and O–H groups in total. The van der Waals surface area contributed by atoms with Crippen LogP contribution in [0.4, 0.5) is 5.69 Å². The van der Waals surface area contributed by atoms with Crippen LogP contribution in [0.2, 0.25) is 0 Å². The summed E-state index contributed by atoms with van der Waals surface area (Å²) in [6, 6.07) is 101. The van der Waals surface area contributed by atoms with E-state index in [0.29, 0.717) is 28.2 Å². The van der Waals surface area contributed by atoms with Crippen LogP contribution in [0.25, 0.3) is 168 Å². The van der Waals surface area contributed by atoms with E-state index in [0.717, 1.165) is 142 Å². The van der Waals surface area contributed by atoms with E-state index in [9.17, 15) is 11.8 Å². The number of para-hydroxylation sites is 4. The maximum atomic E-state index is 12.8. The summed E-state index contributed by atoms with van der Waals surface area (Å²) in [6.07, 6.45) is 0. The fourth-order valence-corrected chi connectivity index (χ4v) is 16.1. The van der Waals surface area contributed by atoms with Crippen molar-refractivity contribution in [3.8, 4) is 62.2 Å². The second-order valence-corrected chi connectivity index (χ2v) is 26.0. The first-order chi connectivity index (χ1) is 44.7. The van der Waals surface area contributed by atoms with Crippen LogP contribution in [-0.2, 0) is 5.41 Å². The predicted molar refractivity (Wildman–Crippen MR) is 383 cm³/mol. The SMILES string of the molecule is [C-]#[N+]c1c(-c2ccc3sc4ccccc4c3c2)c(C#N)c(-n2c3ccc(-c4ccccc4)cc3c3ccc4c(c5ccccc5n4-c4ccccc4)c32)c(-c2ccccc2)c1-n1c2ccc(C(C)(C)C)cc2c2ccc3c(c4ccccc4n3-c3ccccc3)c21. The third-order valence-electron chi connectivity index (χ3n) is 18.9. The molecule has 91 heavy (non-hydrogen) atoms. The van der Waals surface area contributed by atoms with Crippen molar-refractivity contribution in [3.05, 3.63) is 296 Å². The summed E-state index contributed by atoms with van der Waals surface area (Å²) in [5.41, 5.74) is 18.6. The highest BCUT2D eigenvalue weighted by Gasteiger charge is 2.34. The van der Waals surface area contributed by atoms with E-state index in [1.807, 2.05) is 0 Å². The Hall–Kier alpha value is -11.7. The Morgan fingerprint density at radius 2 is 0.824 bits per heavy atom. The van der Waals surface area contributed by atoms with Gasteiger partial charge in [0.05, 0.1) is 67.6 Å². The van der Waals surface area contributed by atoms with Gasteiger partial charge in [0.2, 0.25) is 5.69 Å². The molecule has 426 valence electrons. The van der Waals surface area contributed by atoms with Crippen molar-refractivity contribution < 1.29 is 0 Å². The summed E-state index contributed by atoms with van der Waals surface area (Å²) in [7, 11) is 0. The van der Waals surface area contributed by atoms with E-state index in [2.05, 4.69) is 318 Å². The van der Waals surface area contributed by atoms with E-state index in [1.54, 1.807) is 11.3 Å². The molecular formula is C84H54N6S. The molecule has 0 aliphatic carbocycles. The Bertz CT molecular complexity index is 6180. The first kappa shape index (κ1) is 52.4. The normalized spacial score (nSPS) is 12.1. The molecule has 0 atom stereocenters.